The maximum atomic E-state index is 13.7. The van der Waals surface area contributed by atoms with Crippen molar-refractivity contribution in [3.05, 3.63) is 149 Å². The zero-order valence-electron chi connectivity index (χ0n) is 71.3. The molecule has 0 amide bonds. The molecule has 0 heterocycles. The molecule has 6 rings (SSSR count). The van der Waals surface area contributed by atoms with E-state index in [4.69, 9.17) is 56.8 Å². The van der Waals surface area contributed by atoms with Crippen molar-refractivity contribution in [1.29, 1.82) is 0 Å². The van der Waals surface area contributed by atoms with Crippen molar-refractivity contribution in [3.63, 3.8) is 0 Å². The molecule has 666 valence electrons. The van der Waals surface area contributed by atoms with Gasteiger partial charge in [0.2, 0.25) is 0 Å². The van der Waals surface area contributed by atoms with Crippen molar-refractivity contribution < 1.29 is 157 Å². The standard InChI is InChI=1S/C19H25FO5.C18H23FO7.C18H25FO5.C17H23FO5.C15H19FO6/c1-12(2)16(15(20)17(21)22)24-18(23)13-6-8-14(9-7-13)25-19(3)10-4-5-11-19;1-10(2)14(13(19)15(20)21)25-16(22)11-6-8-12(9-7-11)24-17(23)26-18(3,4)5;1-6-18(4,5)24-13-9-7-12(8-10-13)17(22)23-15(11(2)3)14(19)16(20)21;1-10(2)14(13(18)15(19)20)22-16(21)11-6-8-12(9-7-11)23-17(3,4)5;1-9(2)13(12(16)14(17)18)22-15(19)10-4-6-11(7-5-10)21-8-20-3/h6-9,12,15-16H,4-5,10-11H2,1-3H3,(H,21,22);6-10,13-14H,1-5H3,(H,20,21);7-11,14-15H,6H2,1-5H3,(H,20,21);6-10,13-14H,1-5H3,(H,19,20);4-7,9,12-13H,8H2,1-3H3,(H,17,18)/p-5. The van der Waals surface area contributed by atoms with Crippen molar-refractivity contribution in [1.82, 2.24) is 0 Å². The number of halogens is 5. The van der Waals surface area contributed by atoms with E-state index in [-0.39, 0.29) is 57.2 Å². The Kier molecular flexibility index (Phi) is 42.7. The average molecular weight is 1700 g/mol. The zero-order valence-corrected chi connectivity index (χ0v) is 71.3. The molecule has 0 saturated heterocycles. The molecular formula is C87H110F5O28-5. The lowest BCUT2D eigenvalue weighted by molar-refractivity contribution is -0.316. The number of methoxy groups -OCH3 is 1. The van der Waals surface area contributed by atoms with Crippen LogP contribution >= 0.6 is 0 Å². The highest BCUT2D eigenvalue weighted by atomic mass is 19.2. The van der Waals surface area contributed by atoms with E-state index in [1.54, 1.807) is 113 Å². The fourth-order valence-corrected chi connectivity index (χ4v) is 10.4. The van der Waals surface area contributed by atoms with Crippen molar-refractivity contribution in [3.8, 4) is 28.7 Å². The second-order valence-electron chi connectivity index (χ2n) is 32.1. The van der Waals surface area contributed by atoms with Gasteiger partial charge in [-0.3, -0.25) is 0 Å². The first-order valence-corrected chi connectivity index (χ1v) is 38.5. The van der Waals surface area contributed by atoms with E-state index in [0.29, 0.717) is 23.0 Å². The molecule has 1 aliphatic carbocycles. The van der Waals surface area contributed by atoms with Gasteiger partial charge in [0.25, 0.3) is 0 Å². The van der Waals surface area contributed by atoms with Crippen molar-refractivity contribution >= 4 is 65.8 Å². The fourth-order valence-electron chi connectivity index (χ4n) is 10.4. The minimum Gasteiger partial charge on any atom is -0.547 e. The number of rotatable bonds is 35. The van der Waals surface area contributed by atoms with Gasteiger partial charge >= 0.3 is 36.0 Å². The number of ether oxygens (including phenoxy) is 12. The van der Waals surface area contributed by atoms with Crippen LogP contribution in [0.3, 0.4) is 0 Å². The number of hydrogen-bond donors (Lipinski definition) is 0. The summed E-state index contributed by atoms with van der Waals surface area (Å²) in [6, 6.07) is 29.9. The minimum atomic E-state index is -2.44. The number of aliphatic carboxylic acids is 5. The Morgan fingerprint density at radius 2 is 0.608 bits per heavy atom. The first-order valence-electron chi connectivity index (χ1n) is 38.5. The summed E-state index contributed by atoms with van der Waals surface area (Å²) in [6.45, 7) is 34.3. The Bertz CT molecular complexity index is 4070. The number of esters is 5. The van der Waals surface area contributed by atoms with Crippen LogP contribution in [-0.4, -0.2) is 164 Å². The van der Waals surface area contributed by atoms with E-state index in [0.717, 1.165) is 32.1 Å². The summed E-state index contributed by atoms with van der Waals surface area (Å²) in [7, 11) is 1.47. The van der Waals surface area contributed by atoms with Gasteiger partial charge in [0, 0.05) is 7.11 Å². The number of hydrogen-bond acceptors (Lipinski definition) is 28. The third-order valence-electron chi connectivity index (χ3n) is 17.1. The Morgan fingerprint density at radius 1 is 0.367 bits per heavy atom. The van der Waals surface area contributed by atoms with E-state index < -0.39 is 162 Å². The first kappa shape index (κ1) is 105. The third kappa shape index (κ3) is 37.4. The fraction of sp³-hybridized carbons (Fsp3) is 0.529. The molecule has 0 aliphatic heterocycles. The van der Waals surface area contributed by atoms with Crippen LogP contribution in [-0.2, 0) is 57.1 Å². The van der Waals surface area contributed by atoms with Gasteiger partial charge in [-0.1, -0.05) is 76.2 Å². The summed E-state index contributed by atoms with van der Waals surface area (Å²) in [5.41, 5.74) is -0.828. The molecule has 0 N–H and O–H groups in total. The van der Waals surface area contributed by atoms with Crippen LogP contribution in [0.25, 0.3) is 0 Å². The predicted molar refractivity (Wildman–Crippen MR) is 414 cm³/mol. The number of carboxylic acid groups (broad SMARTS) is 5. The van der Waals surface area contributed by atoms with Crippen LogP contribution in [0, 0.1) is 29.6 Å². The number of benzene rings is 5. The largest absolute Gasteiger partial charge is 0.547 e. The highest BCUT2D eigenvalue weighted by Crippen LogP contribution is 2.35. The monoisotopic (exact) mass is 1700 g/mol. The lowest BCUT2D eigenvalue weighted by Gasteiger charge is -2.26. The van der Waals surface area contributed by atoms with Gasteiger partial charge in [-0.05, 0) is 245 Å². The number of carbonyl (C=O) groups is 11. The molecule has 0 spiro atoms. The summed E-state index contributed by atoms with van der Waals surface area (Å²) in [6.07, 6.45) is -14.9. The second-order valence-corrected chi connectivity index (χ2v) is 32.1. The molecule has 33 heteroatoms. The molecule has 0 aromatic heterocycles. The minimum absolute atomic E-state index is 0.0396. The molecule has 120 heavy (non-hydrogen) atoms. The first-order chi connectivity index (χ1) is 55.6. The Morgan fingerprint density at radius 3 is 0.833 bits per heavy atom. The molecule has 1 aliphatic rings. The number of carbonyl (C=O) groups excluding carboxylic acids is 11. The number of alkyl halides is 5. The van der Waals surface area contributed by atoms with Crippen molar-refractivity contribution in [2.45, 2.75) is 254 Å². The molecule has 0 bridgehead atoms. The van der Waals surface area contributed by atoms with Gasteiger partial charge in [0.05, 0.1) is 57.7 Å². The quantitative estimate of drug-likeness (QED) is 0.0120. The van der Waals surface area contributed by atoms with Gasteiger partial charge in [0.1, 0.15) is 81.7 Å². The van der Waals surface area contributed by atoms with Crippen LogP contribution < -0.4 is 49.2 Å². The number of carboxylic acids is 5. The van der Waals surface area contributed by atoms with Crippen molar-refractivity contribution in [2.75, 3.05) is 13.9 Å². The van der Waals surface area contributed by atoms with E-state index in [2.05, 4.69) is 6.92 Å². The molecule has 5 aromatic carbocycles. The molecule has 10 unspecified atom stereocenters. The SMILES string of the molecule is CC(C)C(OC(=O)c1ccc(OC(=O)OC(C)(C)C)cc1)C(F)C(=O)[O-].CC(C)C(OC(=O)c1ccc(OC(C)(C)C)cc1)C(F)C(=O)[O-].CC(C)C(OC(=O)c1ccc(OC2(C)CCCC2)cc1)C(F)C(=O)[O-].CCC(C)(C)Oc1ccc(C(=O)OC(C(C)C)C(F)C(=O)[O-])cc1.COCOc1ccc(C(=O)OC(C(C)C)C(F)C(=O)[O-])cc1. The zero-order chi connectivity index (χ0) is 91.7. The van der Waals surface area contributed by atoms with Gasteiger partial charge in [-0.25, -0.2) is 50.7 Å². The lowest BCUT2D eigenvalue weighted by atomic mass is 10.0. The van der Waals surface area contributed by atoms with Crippen LogP contribution in [0.2, 0.25) is 0 Å². The summed E-state index contributed by atoms with van der Waals surface area (Å²) < 4.78 is 130. The predicted octanol–water partition coefficient (Wildman–Crippen LogP) is 10.5. The highest BCUT2D eigenvalue weighted by Gasteiger charge is 2.36. The van der Waals surface area contributed by atoms with Crippen LogP contribution in [0.4, 0.5) is 26.7 Å². The molecule has 1 saturated carbocycles. The Labute approximate surface area is 695 Å². The average Bonchev–Trinajstić information content (AvgIpc) is 1.53. The summed E-state index contributed by atoms with van der Waals surface area (Å²) >= 11 is 0. The summed E-state index contributed by atoms with van der Waals surface area (Å²) in [4.78, 5) is 125. The van der Waals surface area contributed by atoms with Crippen LogP contribution in [0.1, 0.15) is 222 Å². The van der Waals surface area contributed by atoms with Crippen LogP contribution in [0.15, 0.2) is 121 Å². The summed E-state index contributed by atoms with van der Waals surface area (Å²) in [5.74, 6) is -13.8. The Balaban J connectivity index is 0.000000509. The molecule has 5 aromatic rings. The smallest absolute Gasteiger partial charge is 0.514 e. The van der Waals surface area contributed by atoms with E-state index >= 15 is 0 Å². The van der Waals surface area contributed by atoms with Gasteiger partial charge in [-0.2, -0.15) is 0 Å². The van der Waals surface area contributed by atoms with E-state index in [9.17, 15) is 100 Å². The van der Waals surface area contributed by atoms with Gasteiger partial charge < -0.3 is 106 Å². The van der Waals surface area contributed by atoms with E-state index in [1.807, 2.05) is 41.5 Å². The maximum absolute atomic E-state index is 13.7. The van der Waals surface area contributed by atoms with Crippen molar-refractivity contribution in [2.24, 2.45) is 29.6 Å². The molecule has 1 fully saturated rings. The van der Waals surface area contributed by atoms with E-state index in [1.165, 1.54) is 106 Å². The molecule has 10 atom stereocenters. The molecule has 28 nitrogen and oxygen atoms in total. The normalized spacial score (nSPS) is 14.9. The van der Waals surface area contributed by atoms with Gasteiger partial charge in [0.15, 0.2) is 37.7 Å². The highest BCUT2D eigenvalue weighted by molar-refractivity contribution is 5.92. The summed E-state index contributed by atoms with van der Waals surface area (Å²) in [5, 5.41) is 53.3. The lowest BCUT2D eigenvalue weighted by Crippen LogP contribution is -2.45. The van der Waals surface area contributed by atoms with Gasteiger partial charge in [-0.15, -0.1) is 0 Å². The topological polar surface area (TPSA) is 414 Å². The second kappa shape index (κ2) is 48.8. The third-order valence-corrected chi connectivity index (χ3v) is 17.1. The maximum Gasteiger partial charge on any atom is 0.514 e. The molecular weight excluding hydrogens is 1590 g/mol. The Hall–Kier alpha value is -11.1. The van der Waals surface area contributed by atoms with Crippen LogP contribution in [0.5, 0.6) is 28.7 Å². The molecule has 0 radical (unpaired) electrons.